The van der Waals surface area contributed by atoms with Gasteiger partial charge in [0, 0.05) is 0 Å². The van der Waals surface area contributed by atoms with Gasteiger partial charge in [0.1, 0.15) is 6.10 Å². The summed E-state index contributed by atoms with van der Waals surface area (Å²) in [4.78, 5) is 0. The molecule has 6 heteroatoms. The lowest BCUT2D eigenvalue weighted by atomic mass is 10.1. The molecule has 0 bridgehead atoms. The van der Waals surface area contributed by atoms with E-state index in [1.807, 2.05) is 24.5 Å². The molecule has 1 radical (unpaired) electrons. The molecule has 0 saturated carbocycles. The van der Waals surface area contributed by atoms with E-state index in [0.717, 1.165) is 11.3 Å². The van der Waals surface area contributed by atoms with Crippen LogP contribution in [0.5, 0.6) is 0 Å². The number of benzene rings is 1. The van der Waals surface area contributed by atoms with E-state index in [1.165, 1.54) is 0 Å². The van der Waals surface area contributed by atoms with Crippen LogP contribution in [-0.2, 0) is 9.47 Å². The maximum absolute atomic E-state index is 11.8. The van der Waals surface area contributed by atoms with Crippen LogP contribution < -0.4 is 0 Å². The molecular weight excluding hydrogens is 265 g/mol. The summed E-state index contributed by atoms with van der Waals surface area (Å²) in [6, 6.07) is 9.04. The average Bonchev–Trinajstić information content (AvgIpc) is 2.33. The third-order valence-electron chi connectivity index (χ3n) is 2.08. The van der Waals surface area contributed by atoms with Gasteiger partial charge in [-0.3, -0.25) is 4.74 Å². The van der Waals surface area contributed by atoms with Crippen LogP contribution in [0.1, 0.15) is 12.0 Å². The van der Waals surface area contributed by atoms with E-state index in [4.69, 9.17) is 4.74 Å². The number of halogens is 3. The van der Waals surface area contributed by atoms with Crippen molar-refractivity contribution in [3.8, 4) is 0 Å². The Kier molecular flexibility index (Phi) is 6.52. The second kappa shape index (κ2) is 7.66. The van der Waals surface area contributed by atoms with Crippen LogP contribution in [0.2, 0.25) is 0 Å². The van der Waals surface area contributed by atoms with Gasteiger partial charge < -0.3 is 4.74 Å². The summed E-state index contributed by atoms with van der Waals surface area (Å²) in [5, 5.41) is 0. The molecule has 1 rings (SSSR count). The van der Waals surface area contributed by atoms with Gasteiger partial charge in [0.05, 0.1) is 0 Å². The highest BCUT2D eigenvalue weighted by Crippen LogP contribution is 2.23. The highest BCUT2D eigenvalue weighted by Gasteiger charge is 2.29. The Balaban J connectivity index is 2.51. The van der Waals surface area contributed by atoms with Crippen LogP contribution in [0.4, 0.5) is 13.2 Å². The molecule has 0 atom stereocenters. The standard InChI is InChI=1S/C12H14F3O2S/c1-18-8-7-11(10-5-3-2-4-6-10)16-9-17-12(13,14)15/h2-6H,7-9H2,1H3. The first-order valence-corrected chi connectivity index (χ1v) is 6.66. The Bertz CT molecular complexity index is 330. The number of hydrogen-bond acceptors (Lipinski definition) is 3. The molecule has 1 aromatic rings. The van der Waals surface area contributed by atoms with Crippen molar-refractivity contribution in [3.05, 3.63) is 42.0 Å². The average molecular weight is 279 g/mol. The molecule has 0 amide bonds. The minimum absolute atomic E-state index is 0.509. The van der Waals surface area contributed by atoms with Gasteiger partial charge in [0.25, 0.3) is 0 Å². The molecule has 2 nitrogen and oxygen atoms in total. The third kappa shape index (κ3) is 6.28. The molecule has 0 aliphatic carbocycles. The van der Waals surface area contributed by atoms with E-state index in [2.05, 4.69) is 4.74 Å². The lowest BCUT2D eigenvalue weighted by molar-refractivity contribution is -0.348. The molecule has 18 heavy (non-hydrogen) atoms. The molecule has 1 aromatic carbocycles. The predicted molar refractivity (Wildman–Crippen MR) is 64.9 cm³/mol. The van der Waals surface area contributed by atoms with E-state index in [9.17, 15) is 13.2 Å². The second-order valence-corrected chi connectivity index (χ2v) is 4.37. The minimum Gasteiger partial charge on any atom is -0.340 e. The zero-order chi connectivity index (χ0) is 13.4. The molecule has 0 aliphatic heterocycles. The lowest BCUT2D eigenvalue weighted by Gasteiger charge is -2.17. The van der Waals surface area contributed by atoms with Gasteiger partial charge in [0.2, 0.25) is 0 Å². The fourth-order valence-corrected chi connectivity index (χ4v) is 1.68. The molecule has 101 valence electrons. The Morgan fingerprint density at radius 3 is 2.44 bits per heavy atom. The summed E-state index contributed by atoms with van der Waals surface area (Å²) >= 11 is 1.60. The number of alkyl halides is 3. The third-order valence-corrected chi connectivity index (χ3v) is 2.70. The van der Waals surface area contributed by atoms with Crippen molar-refractivity contribution in [1.29, 1.82) is 0 Å². The summed E-state index contributed by atoms with van der Waals surface area (Å²) < 4.78 is 44.2. The molecular formula is C12H14F3O2S. The zero-order valence-electron chi connectivity index (χ0n) is 9.87. The summed E-state index contributed by atoms with van der Waals surface area (Å²) in [5.41, 5.74) is 0.775. The highest BCUT2D eigenvalue weighted by atomic mass is 32.2. The lowest BCUT2D eigenvalue weighted by Crippen LogP contribution is -2.18. The number of rotatable bonds is 7. The van der Waals surface area contributed by atoms with Crippen molar-refractivity contribution in [2.45, 2.75) is 12.8 Å². The molecule has 0 fully saturated rings. The van der Waals surface area contributed by atoms with Gasteiger partial charge in [-0.1, -0.05) is 30.3 Å². The van der Waals surface area contributed by atoms with Crippen molar-refractivity contribution < 1.29 is 22.6 Å². The van der Waals surface area contributed by atoms with Crippen LogP contribution in [-0.4, -0.2) is 25.2 Å². The molecule has 0 N–H and O–H groups in total. The first-order valence-electron chi connectivity index (χ1n) is 5.26. The van der Waals surface area contributed by atoms with Gasteiger partial charge >= 0.3 is 6.36 Å². The van der Waals surface area contributed by atoms with Crippen LogP contribution in [0.3, 0.4) is 0 Å². The maximum Gasteiger partial charge on any atom is 0.524 e. The van der Waals surface area contributed by atoms with Gasteiger partial charge in [-0.2, -0.15) is 11.8 Å². The Labute approximate surface area is 108 Å². The van der Waals surface area contributed by atoms with E-state index in [-0.39, 0.29) is 0 Å². The van der Waals surface area contributed by atoms with Crippen molar-refractivity contribution in [2.24, 2.45) is 0 Å². The van der Waals surface area contributed by atoms with Gasteiger partial charge in [-0.05, 0) is 24.0 Å². The highest BCUT2D eigenvalue weighted by molar-refractivity contribution is 7.98. The van der Waals surface area contributed by atoms with Gasteiger partial charge in [-0.15, -0.1) is 13.2 Å². The van der Waals surface area contributed by atoms with Crippen LogP contribution in [0.15, 0.2) is 30.3 Å². The molecule has 0 aliphatic rings. The summed E-state index contributed by atoms with van der Waals surface area (Å²) in [6.07, 6.45) is -1.67. The largest absolute Gasteiger partial charge is 0.524 e. The molecule has 0 heterocycles. The van der Waals surface area contributed by atoms with Gasteiger partial charge in [-0.25, -0.2) is 0 Å². The maximum atomic E-state index is 11.8. The summed E-state index contributed by atoms with van der Waals surface area (Å²) in [5.74, 6) is 0.774. The van der Waals surface area contributed by atoms with Crippen LogP contribution in [0.25, 0.3) is 0 Å². The van der Waals surface area contributed by atoms with Crippen molar-refractivity contribution in [3.63, 3.8) is 0 Å². The Hall–Kier alpha value is -0.720. The van der Waals surface area contributed by atoms with Crippen molar-refractivity contribution in [2.75, 3.05) is 18.8 Å². The summed E-state index contributed by atoms with van der Waals surface area (Å²) in [6.45, 7) is -0.817. The Morgan fingerprint density at radius 1 is 1.22 bits per heavy atom. The SMILES string of the molecule is CSCC[C](OCOC(F)(F)F)c1ccccc1. The first kappa shape index (κ1) is 15.3. The quantitative estimate of drug-likeness (QED) is 0.707. The summed E-state index contributed by atoms with van der Waals surface area (Å²) in [7, 11) is 0. The fourth-order valence-electron chi connectivity index (χ4n) is 1.29. The minimum atomic E-state index is -4.67. The van der Waals surface area contributed by atoms with E-state index < -0.39 is 13.2 Å². The molecule has 0 aromatic heterocycles. The number of hydrogen-bond donors (Lipinski definition) is 0. The van der Waals surface area contributed by atoms with E-state index >= 15 is 0 Å². The predicted octanol–water partition coefficient (Wildman–Crippen LogP) is 3.83. The topological polar surface area (TPSA) is 18.5 Å². The molecule has 0 saturated heterocycles. The second-order valence-electron chi connectivity index (χ2n) is 3.38. The zero-order valence-corrected chi connectivity index (χ0v) is 10.7. The molecule has 0 spiro atoms. The number of thioether (sulfide) groups is 1. The van der Waals surface area contributed by atoms with Crippen LogP contribution >= 0.6 is 11.8 Å². The Morgan fingerprint density at radius 2 is 1.89 bits per heavy atom. The van der Waals surface area contributed by atoms with Gasteiger partial charge in [0.15, 0.2) is 6.79 Å². The number of ether oxygens (including phenoxy) is 2. The van der Waals surface area contributed by atoms with Crippen LogP contribution in [0, 0.1) is 6.10 Å². The smallest absolute Gasteiger partial charge is 0.340 e. The van der Waals surface area contributed by atoms with Crippen molar-refractivity contribution in [1.82, 2.24) is 0 Å². The molecule has 0 unspecified atom stereocenters. The van der Waals surface area contributed by atoms with E-state index in [0.29, 0.717) is 12.5 Å². The van der Waals surface area contributed by atoms with Crippen molar-refractivity contribution >= 4 is 11.8 Å². The normalized spacial score (nSPS) is 12.1. The van der Waals surface area contributed by atoms with E-state index in [1.54, 1.807) is 23.9 Å². The first-order chi connectivity index (χ1) is 8.53. The monoisotopic (exact) mass is 279 g/mol. The fraction of sp³-hybridized carbons (Fsp3) is 0.417.